The van der Waals surface area contributed by atoms with Gasteiger partial charge in [-0.1, -0.05) is 42.0 Å². The molecule has 2 aromatic carbocycles. The van der Waals surface area contributed by atoms with Gasteiger partial charge in [-0.2, -0.15) is 0 Å². The zero-order valence-electron chi connectivity index (χ0n) is 19.8. The molecular formula is C24H28N6O5. The van der Waals surface area contributed by atoms with Crippen LogP contribution in [0, 0.1) is 6.92 Å². The number of aliphatic carboxylic acids is 1. The third kappa shape index (κ3) is 7.18. The molecule has 35 heavy (non-hydrogen) atoms. The van der Waals surface area contributed by atoms with Crippen LogP contribution < -0.4 is 10.6 Å². The van der Waals surface area contributed by atoms with Crippen LogP contribution in [-0.2, 0) is 25.7 Å². The van der Waals surface area contributed by atoms with Gasteiger partial charge in [0.1, 0.15) is 6.54 Å². The number of carbonyl (C=O) groups is 3. The zero-order valence-corrected chi connectivity index (χ0v) is 19.8. The molecule has 2 atom stereocenters. The van der Waals surface area contributed by atoms with E-state index in [2.05, 4.69) is 26.2 Å². The third-order valence-electron chi connectivity index (χ3n) is 5.19. The molecule has 1 amide bonds. The molecule has 0 saturated heterocycles. The summed E-state index contributed by atoms with van der Waals surface area (Å²) in [5, 5.41) is 27.5. The number of esters is 1. The lowest BCUT2D eigenvalue weighted by molar-refractivity contribution is -0.144. The van der Waals surface area contributed by atoms with E-state index in [-0.39, 0.29) is 25.5 Å². The Hall–Kier alpha value is -4.12. The topological polar surface area (TPSA) is 148 Å². The van der Waals surface area contributed by atoms with Crippen molar-refractivity contribution >= 4 is 23.5 Å². The summed E-state index contributed by atoms with van der Waals surface area (Å²) in [5.41, 5.74) is 3.14. The fourth-order valence-corrected chi connectivity index (χ4v) is 3.59. The number of nitrogens with zero attached hydrogens (tertiary/aromatic N) is 4. The summed E-state index contributed by atoms with van der Waals surface area (Å²) in [6.45, 7) is 5.09. The summed E-state index contributed by atoms with van der Waals surface area (Å²) in [7, 11) is 0. The largest absolute Gasteiger partial charge is 0.481 e. The van der Waals surface area contributed by atoms with Crippen molar-refractivity contribution in [1.29, 1.82) is 0 Å². The molecule has 0 aliphatic rings. The first kappa shape index (κ1) is 25.5. The molecule has 184 valence electrons. The molecule has 3 aromatic rings. The molecule has 1 aromatic heterocycles. The third-order valence-corrected chi connectivity index (χ3v) is 5.19. The number of carboxylic acids is 1. The monoisotopic (exact) mass is 480 g/mol. The Balaban J connectivity index is 2.01. The number of rotatable bonds is 11. The number of carbonyl (C=O) groups excluding carboxylic acids is 2. The number of hydrogen-bond acceptors (Lipinski definition) is 8. The summed E-state index contributed by atoms with van der Waals surface area (Å²) in [4.78, 5) is 35.2. The summed E-state index contributed by atoms with van der Waals surface area (Å²) in [6.07, 6.45) is -0.191. The molecule has 0 saturated carbocycles. The number of carboxylic acid groups (broad SMARTS) is 1. The maximum absolute atomic E-state index is 12.1. The number of ether oxygens (including phenoxy) is 1. The highest BCUT2D eigenvalue weighted by molar-refractivity contribution is 5.88. The van der Waals surface area contributed by atoms with Crippen molar-refractivity contribution in [3.05, 3.63) is 71.0 Å². The number of hydrogen-bond donors (Lipinski definition) is 3. The Labute approximate surface area is 202 Å². The van der Waals surface area contributed by atoms with Gasteiger partial charge in [-0.3, -0.25) is 19.7 Å². The Morgan fingerprint density at radius 1 is 1.06 bits per heavy atom. The zero-order chi connectivity index (χ0) is 25.4. The van der Waals surface area contributed by atoms with Gasteiger partial charge in [0.25, 0.3) is 0 Å². The van der Waals surface area contributed by atoms with Gasteiger partial charge in [0.05, 0.1) is 19.1 Å². The van der Waals surface area contributed by atoms with E-state index in [1.807, 2.05) is 31.2 Å². The van der Waals surface area contributed by atoms with E-state index in [9.17, 15) is 19.5 Å². The van der Waals surface area contributed by atoms with Crippen LogP contribution in [0.3, 0.4) is 0 Å². The minimum Gasteiger partial charge on any atom is -0.481 e. The smallest absolute Gasteiger partial charge is 0.327 e. The quantitative estimate of drug-likeness (QED) is 0.352. The first-order valence-corrected chi connectivity index (χ1v) is 11.1. The molecule has 2 unspecified atom stereocenters. The molecule has 11 heteroatoms. The van der Waals surface area contributed by atoms with Gasteiger partial charge in [0.15, 0.2) is 5.82 Å². The average molecular weight is 481 g/mol. The van der Waals surface area contributed by atoms with E-state index in [0.717, 1.165) is 11.1 Å². The van der Waals surface area contributed by atoms with Crippen LogP contribution >= 0.6 is 0 Å². The predicted molar refractivity (Wildman–Crippen MR) is 126 cm³/mol. The number of aromatic nitrogens is 4. The van der Waals surface area contributed by atoms with Gasteiger partial charge >= 0.3 is 11.9 Å². The minimum absolute atomic E-state index is 0.191. The van der Waals surface area contributed by atoms with Gasteiger partial charge in [0.2, 0.25) is 5.91 Å². The lowest BCUT2D eigenvalue weighted by Gasteiger charge is -2.25. The van der Waals surface area contributed by atoms with Crippen LogP contribution in [0.4, 0.5) is 5.69 Å². The van der Waals surface area contributed by atoms with Crippen LogP contribution in [0.25, 0.3) is 0 Å². The number of tetrazole rings is 1. The van der Waals surface area contributed by atoms with Gasteiger partial charge in [-0.25, -0.2) is 4.68 Å². The van der Waals surface area contributed by atoms with Crippen LogP contribution in [-0.4, -0.2) is 49.8 Å². The van der Waals surface area contributed by atoms with E-state index < -0.39 is 24.0 Å². The normalized spacial score (nSPS) is 12.5. The van der Waals surface area contributed by atoms with Crippen LogP contribution in [0.15, 0.2) is 48.5 Å². The van der Waals surface area contributed by atoms with Gasteiger partial charge in [-0.15, -0.1) is 5.10 Å². The molecule has 3 rings (SSSR count). The van der Waals surface area contributed by atoms with Gasteiger partial charge < -0.3 is 15.2 Å². The number of nitrogens with one attached hydrogen (secondary N) is 2. The summed E-state index contributed by atoms with van der Waals surface area (Å²) in [6, 6.07) is 13.3. The van der Waals surface area contributed by atoms with E-state index in [1.54, 1.807) is 31.2 Å². The number of amides is 1. The Kier molecular flexibility index (Phi) is 8.63. The second kappa shape index (κ2) is 11.8. The second-order valence-electron chi connectivity index (χ2n) is 7.96. The average Bonchev–Trinajstić information content (AvgIpc) is 3.25. The predicted octanol–water partition coefficient (Wildman–Crippen LogP) is 2.40. The first-order chi connectivity index (χ1) is 16.8. The first-order valence-electron chi connectivity index (χ1n) is 11.1. The molecule has 11 nitrogen and oxygen atoms in total. The number of anilines is 1. The summed E-state index contributed by atoms with van der Waals surface area (Å²) >= 11 is 0. The van der Waals surface area contributed by atoms with Crippen molar-refractivity contribution in [2.45, 2.75) is 45.8 Å². The highest BCUT2D eigenvalue weighted by Crippen LogP contribution is 2.28. The SMILES string of the molecule is CCOC(=O)Cn1nnnc1C(NC(CC(=O)O)c1ccc(C)cc1)c1ccc(NC(C)=O)cc1. The molecule has 0 radical (unpaired) electrons. The molecule has 0 fully saturated rings. The number of aryl methyl sites for hydroxylation is 1. The number of benzene rings is 2. The van der Waals surface area contributed by atoms with Crippen LogP contribution in [0.1, 0.15) is 54.9 Å². The Morgan fingerprint density at radius 2 is 1.71 bits per heavy atom. The summed E-state index contributed by atoms with van der Waals surface area (Å²) < 4.78 is 6.35. The standard InChI is InChI=1S/C24H28N6O5/c1-4-35-22(34)14-30-24(27-28-29-30)23(18-9-11-19(12-10-18)25-16(3)31)26-20(13-21(32)33)17-7-5-15(2)6-8-17/h5-12,20,23,26H,4,13-14H2,1-3H3,(H,25,31)(H,32,33). The van der Waals surface area contributed by atoms with Gasteiger partial charge in [-0.05, 0) is 47.5 Å². The second-order valence-corrected chi connectivity index (χ2v) is 7.96. The van der Waals surface area contributed by atoms with Crippen molar-refractivity contribution in [2.75, 3.05) is 11.9 Å². The molecular weight excluding hydrogens is 452 g/mol. The van der Waals surface area contributed by atoms with E-state index in [0.29, 0.717) is 17.1 Å². The molecule has 0 aliphatic heterocycles. The summed E-state index contributed by atoms with van der Waals surface area (Å²) in [5.74, 6) is -1.37. The fourth-order valence-electron chi connectivity index (χ4n) is 3.59. The minimum atomic E-state index is -0.978. The molecule has 0 bridgehead atoms. The maximum atomic E-state index is 12.1. The molecule has 3 N–H and O–H groups in total. The van der Waals surface area contributed by atoms with Crippen LogP contribution in [0.2, 0.25) is 0 Å². The fraction of sp³-hybridized carbons (Fsp3) is 0.333. The maximum Gasteiger partial charge on any atom is 0.327 e. The molecule has 0 aliphatic carbocycles. The van der Waals surface area contributed by atoms with E-state index >= 15 is 0 Å². The van der Waals surface area contributed by atoms with Crippen molar-refractivity contribution in [1.82, 2.24) is 25.5 Å². The van der Waals surface area contributed by atoms with Crippen molar-refractivity contribution < 1.29 is 24.2 Å². The van der Waals surface area contributed by atoms with Crippen molar-refractivity contribution in [2.24, 2.45) is 0 Å². The lowest BCUT2D eigenvalue weighted by atomic mass is 9.98. The van der Waals surface area contributed by atoms with Crippen molar-refractivity contribution in [3.8, 4) is 0 Å². The van der Waals surface area contributed by atoms with Gasteiger partial charge in [0, 0.05) is 18.7 Å². The Bertz CT molecular complexity index is 1160. The lowest BCUT2D eigenvalue weighted by Crippen LogP contribution is -2.32. The highest BCUT2D eigenvalue weighted by Gasteiger charge is 2.27. The van der Waals surface area contributed by atoms with E-state index in [1.165, 1.54) is 11.6 Å². The highest BCUT2D eigenvalue weighted by atomic mass is 16.5. The molecule has 1 heterocycles. The Morgan fingerprint density at radius 3 is 2.31 bits per heavy atom. The molecule has 0 spiro atoms. The van der Waals surface area contributed by atoms with Crippen LogP contribution in [0.5, 0.6) is 0 Å². The van der Waals surface area contributed by atoms with Crippen molar-refractivity contribution in [3.63, 3.8) is 0 Å². The van der Waals surface area contributed by atoms with E-state index in [4.69, 9.17) is 4.74 Å².